The number of alkyl halides is 3. The van der Waals surface area contributed by atoms with E-state index in [1.807, 2.05) is 0 Å². The lowest BCUT2D eigenvalue weighted by atomic mass is 10.1. The van der Waals surface area contributed by atoms with Gasteiger partial charge < -0.3 is 0 Å². The molecule has 0 atom stereocenters. The van der Waals surface area contributed by atoms with Crippen LogP contribution < -0.4 is 0 Å². The Morgan fingerprint density at radius 3 is 2.21 bits per heavy atom. The molecule has 0 fully saturated rings. The Balaban J connectivity index is 2.37. The van der Waals surface area contributed by atoms with Gasteiger partial charge in [-0.2, -0.15) is 13.2 Å². The van der Waals surface area contributed by atoms with Crippen LogP contribution in [-0.4, -0.2) is 10.8 Å². The number of Topliss-reactive ketones (excluding diaryl/α,β-unsaturated/α-hetero) is 1. The second-order valence-electron chi connectivity index (χ2n) is 4.04. The molecule has 0 radical (unpaired) electrons. The number of carbonyl (C=O) groups is 1. The first-order valence-electron chi connectivity index (χ1n) is 5.53. The van der Waals surface area contributed by atoms with Gasteiger partial charge in [-0.1, -0.05) is 18.2 Å². The summed E-state index contributed by atoms with van der Waals surface area (Å²) < 4.78 is 37.3. The summed E-state index contributed by atoms with van der Waals surface area (Å²) in [5.41, 5.74) is 0.592. The fourth-order valence-electron chi connectivity index (χ4n) is 1.62. The first kappa shape index (κ1) is 13.3. The van der Waals surface area contributed by atoms with Gasteiger partial charge in [0, 0.05) is 12.5 Å². The van der Waals surface area contributed by atoms with Gasteiger partial charge >= 0.3 is 6.18 Å². The third-order valence-corrected chi connectivity index (χ3v) is 2.62. The molecule has 2 nitrogen and oxygen atoms in total. The molecular formula is C14H10F3NO. The van der Waals surface area contributed by atoms with Gasteiger partial charge in [0.25, 0.3) is 0 Å². The van der Waals surface area contributed by atoms with Crippen LogP contribution in [0.25, 0.3) is 11.3 Å². The molecule has 2 aromatic rings. The minimum atomic E-state index is -4.35. The van der Waals surface area contributed by atoms with Crippen molar-refractivity contribution in [1.82, 2.24) is 4.98 Å². The number of carbonyl (C=O) groups excluding carboxylic acids is 1. The number of nitrogens with zero attached hydrogens (tertiary/aromatic N) is 1. The molecule has 0 saturated carbocycles. The second kappa shape index (κ2) is 4.84. The number of hydrogen-bond donors (Lipinski definition) is 0. The molecule has 19 heavy (non-hydrogen) atoms. The third kappa shape index (κ3) is 2.99. The molecule has 0 amide bonds. The van der Waals surface area contributed by atoms with Crippen LogP contribution in [0.3, 0.4) is 0 Å². The standard InChI is InChI=1S/C14H10F3NO/c1-9(19)12-3-2-4-13(18-12)10-5-7-11(8-6-10)14(15,16)17/h2-8H,1H3. The first-order chi connectivity index (χ1) is 8.88. The van der Waals surface area contributed by atoms with Crippen molar-refractivity contribution in [2.45, 2.75) is 13.1 Å². The van der Waals surface area contributed by atoms with E-state index in [2.05, 4.69) is 4.98 Å². The Bertz CT molecular complexity index is 603. The summed E-state index contributed by atoms with van der Waals surface area (Å²) in [6.07, 6.45) is -4.35. The van der Waals surface area contributed by atoms with Crippen LogP contribution in [0.15, 0.2) is 42.5 Å². The zero-order valence-corrected chi connectivity index (χ0v) is 10.0. The van der Waals surface area contributed by atoms with Crippen LogP contribution in [0.1, 0.15) is 23.0 Å². The highest BCUT2D eigenvalue weighted by molar-refractivity contribution is 5.92. The molecule has 0 saturated heterocycles. The molecule has 0 aliphatic rings. The molecular weight excluding hydrogens is 255 g/mol. The summed E-state index contributed by atoms with van der Waals surface area (Å²) in [7, 11) is 0. The van der Waals surface area contributed by atoms with Crippen molar-refractivity contribution in [3.8, 4) is 11.3 Å². The van der Waals surface area contributed by atoms with Crippen LogP contribution in [0.5, 0.6) is 0 Å². The number of ketones is 1. The molecule has 5 heteroatoms. The number of benzene rings is 1. The Hall–Kier alpha value is -2.17. The largest absolute Gasteiger partial charge is 0.416 e. The van der Waals surface area contributed by atoms with Gasteiger partial charge in [0.15, 0.2) is 5.78 Å². The average molecular weight is 265 g/mol. The van der Waals surface area contributed by atoms with E-state index in [1.165, 1.54) is 19.1 Å². The van der Waals surface area contributed by atoms with E-state index in [0.717, 1.165) is 12.1 Å². The van der Waals surface area contributed by atoms with E-state index in [1.54, 1.807) is 18.2 Å². The molecule has 0 N–H and O–H groups in total. The fraction of sp³-hybridized carbons (Fsp3) is 0.143. The van der Waals surface area contributed by atoms with E-state index < -0.39 is 11.7 Å². The molecule has 0 aliphatic carbocycles. The van der Waals surface area contributed by atoms with E-state index >= 15 is 0 Å². The van der Waals surface area contributed by atoms with E-state index in [9.17, 15) is 18.0 Å². The second-order valence-corrected chi connectivity index (χ2v) is 4.04. The minimum Gasteiger partial charge on any atom is -0.293 e. The zero-order chi connectivity index (χ0) is 14.0. The van der Waals surface area contributed by atoms with E-state index in [0.29, 0.717) is 11.3 Å². The molecule has 0 unspecified atom stereocenters. The maximum Gasteiger partial charge on any atom is 0.416 e. The highest BCUT2D eigenvalue weighted by Gasteiger charge is 2.29. The molecule has 1 aromatic heterocycles. The number of aromatic nitrogens is 1. The topological polar surface area (TPSA) is 30.0 Å². The van der Waals surface area contributed by atoms with Gasteiger partial charge in [0.05, 0.1) is 11.3 Å². The number of pyridine rings is 1. The lowest BCUT2D eigenvalue weighted by Crippen LogP contribution is -2.04. The van der Waals surface area contributed by atoms with Crippen LogP contribution in [0, 0.1) is 0 Å². The Kier molecular flexibility index (Phi) is 3.38. The molecule has 0 bridgehead atoms. The van der Waals surface area contributed by atoms with Crippen molar-refractivity contribution < 1.29 is 18.0 Å². The van der Waals surface area contributed by atoms with Crippen molar-refractivity contribution in [2.24, 2.45) is 0 Å². The Morgan fingerprint density at radius 1 is 1.05 bits per heavy atom. The number of halogens is 3. The summed E-state index contributed by atoms with van der Waals surface area (Å²) in [6.45, 7) is 1.39. The fourth-order valence-corrected chi connectivity index (χ4v) is 1.62. The normalized spacial score (nSPS) is 11.4. The van der Waals surface area contributed by atoms with Crippen LogP contribution >= 0.6 is 0 Å². The summed E-state index contributed by atoms with van der Waals surface area (Å²) in [5.74, 6) is -0.186. The van der Waals surface area contributed by atoms with Crippen molar-refractivity contribution in [3.05, 3.63) is 53.7 Å². The highest BCUT2D eigenvalue weighted by atomic mass is 19.4. The average Bonchev–Trinajstić information content (AvgIpc) is 2.38. The predicted molar refractivity (Wildman–Crippen MR) is 64.7 cm³/mol. The van der Waals surface area contributed by atoms with E-state index in [4.69, 9.17) is 0 Å². The molecule has 2 rings (SSSR count). The molecule has 1 heterocycles. The quantitative estimate of drug-likeness (QED) is 0.769. The van der Waals surface area contributed by atoms with Crippen molar-refractivity contribution in [2.75, 3.05) is 0 Å². The SMILES string of the molecule is CC(=O)c1cccc(-c2ccc(C(F)(F)F)cc2)n1. The van der Waals surface area contributed by atoms with Gasteiger partial charge in [-0.25, -0.2) is 4.98 Å². The Morgan fingerprint density at radius 2 is 1.68 bits per heavy atom. The molecule has 98 valence electrons. The molecule has 1 aromatic carbocycles. The van der Waals surface area contributed by atoms with Gasteiger partial charge in [-0.05, 0) is 24.3 Å². The Labute approximate surface area is 107 Å². The summed E-state index contributed by atoms with van der Waals surface area (Å²) in [5, 5.41) is 0. The highest BCUT2D eigenvalue weighted by Crippen LogP contribution is 2.30. The third-order valence-electron chi connectivity index (χ3n) is 2.62. The first-order valence-corrected chi connectivity index (χ1v) is 5.53. The van der Waals surface area contributed by atoms with Crippen LogP contribution in [0.4, 0.5) is 13.2 Å². The summed E-state index contributed by atoms with van der Waals surface area (Å²) >= 11 is 0. The number of rotatable bonds is 2. The maximum absolute atomic E-state index is 12.4. The molecule has 0 spiro atoms. The lowest BCUT2D eigenvalue weighted by Gasteiger charge is -2.07. The van der Waals surface area contributed by atoms with Gasteiger partial charge in [-0.3, -0.25) is 4.79 Å². The predicted octanol–water partition coefficient (Wildman–Crippen LogP) is 3.97. The van der Waals surface area contributed by atoms with Gasteiger partial charge in [-0.15, -0.1) is 0 Å². The van der Waals surface area contributed by atoms with E-state index in [-0.39, 0.29) is 11.5 Å². The maximum atomic E-state index is 12.4. The van der Waals surface area contributed by atoms with Crippen LogP contribution in [0.2, 0.25) is 0 Å². The summed E-state index contributed by atoms with van der Waals surface area (Å²) in [4.78, 5) is 15.3. The summed E-state index contributed by atoms with van der Waals surface area (Å²) in [6, 6.07) is 9.54. The van der Waals surface area contributed by atoms with Crippen molar-refractivity contribution in [1.29, 1.82) is 0 Å². The smallest absolute Gasteiger partial charge is 0.293 e. The number of hydrogen-bond acceptors (Lipinski definition) is 2. The monoisotopic (exact) mass is 265 g/mol. The molecule has 0 aliphatic heterocycles. The van der Waals surface area contributed by atoms with Crippen molar-refractivity contribution in [3.63, 3.8) is 0 Å². The van der Waals surface area contributed by atoms with Gasteiger partial charge in [0.1, 0.15) is 5.69 Å². The zero-order valence-electron chi connectivity index (χ0n) is 10.0. The van der Waals surface area contributed by atoms with Crippen LogP contribution in [-0.2, 0) is 6.18 Å². The lowest BCUT2D eigenvalue weighted by molar-refractivity contribution is -0.137. The minimum absolute atomic E-state index is 0.186. The van der Waals surface area contributed by atoms with Crippen molar-refractivity contribution >= 4 is 5.78 Å². The van der Waals surface area contributed by atoms with Gasteiger partial charge in [0.2, 0.25) is 0 Å².